The summed E-state index contributed by atoms with van der Waals surface area (Å²) in [5, 5.41) is 16.8. The van der Waals surface area contributed by atoms with Crippen molar-refractivity contribution in [3.8, 4) is 11.3 Å². The van der Waals surface area contributed by atoms with Crippen molar-refractivity contribution in [1.29, 1.82) is 0 Å². The average Bonchev–Trinajstić information content (AvgIpc) is 3.38. The van der Waals surface area contributed by atoms with Crippen LogP contribution in [0.25, 0.3) is 22.4 Å². The van der Waals surface area contributed by atoms with Gasteiger partial charge in [-0.25, -0.2) is 8.91 Å². The standard InChI is InChI=1S/C21H14ClFN6OS/c22-14-7-5-13(6-8-14)17-11-18-20-25-26-21(28(20)9-10-29(18)27-17)31-12-19(30)24-16-4-2-1-3-15(16)23/h1-11H,12H2,(H,24,30). The molecule has 31 heavy (non-hydrogen) atoms. The number of amides is 1. The normalized spacial score (nSPS) is 11.3. The lowest BCUT2D eigenvalue weighted by atomic mass is 10.1. The molecule has 3 heterocycles. The number of para-hydroxylation sites is 1. The molecule has 0 radical (unpaired) electrons. The molecule has 7 nitrogen and oxygen atoms in total. The Morgan fingerprint density at radius 1 is 1.10 bits per heavy atom. The maximum atomic E-state index is 13.7. The lowest BCUT2D eigenvalue weighted by Crippen LogP contribution is -2.15. The van der Waals surface area contributed by atoms with E-state index in [1.165, 1.54) is 23.9 Å². The number of hydrogen-bond donors (Lipinski definition) is 1. The van der Waals surface area contributed by atoms with Gasteiger partial charge in [0, 0.05) is 23.0 Å². The van der Waals surface area contributed by atoms with Gasteiger partial charge < -0.3 is 5.32 Å². The summed E-state index contributed by atoms with van der Waals surface area (Å²) in [6.07, 6.45) is 3.59. The number of carbonyl (C=O) groups excluding carboxylic acids is 1. The molecular formula is C21H14ClFN6OS. The number of thioether (sulfide) groups is 1. The van der Waals surface area contributed by atoms with E-state index >= 15 is 0 Å². The third kappa shape index (κ3) is 3.85. The van der Waals surface area contributed by atoms with Crippen molar-refractivity contribution in [3.05, 3.63) is 77.8 Å². The van der Waals surface area contributed by atoms with E-state index in [2.05, 4.69) is 20.6 Å². The molecule has 154 valence electrons. The molecule has 5 rings (SSSR count). The van der Waals surface area contributed by atoms with Crippen LogP contribution in [0.15, 0.2) is 72.1 Å². The summed E-state index contributed by atoms with van der Waals surface area (Å²) in [6.45, 7) is 0. The zero-order chi connectivity index (χ0) is 21.4. The van der Waals surface area contributed by atoms with Gasteiger partial charge in [-0.1, -0.05) is 47.6 Å². The summed E-state index contributed by atoms with van der Waals surface area (Å²) < 4.78 is 17.2. The Hall–Kier alpha value is -3.43. The Morgan fingerprint density at radius 3 is 2.71 bits per heavy atom. The number of rotatable bonds is 5. The largest absolute Gasteiger partial charge is 0.323 e. The van der Waals surface area contributed by atoms with Crippen LogP contribution in [0.3, 0.4) is 0 Å². The van der Waals surface area contributed by atoms with Gasteiger partial charge in [0.05, 0.1) is 17.1 Å². The molecule has 0 spiro atoms. The number of nitrogens with one attached hydrogen (secondary N) is 1. The van der Waals surface area contributed by atoms with Crippen LogP contribution in [0.4, 0.5) is 10.1 Å². The van der Waals surface area contributed by atoms with Crippen molar-refractivity contribution in [3.63, 3.8) is 0 Å². The van der Waals surface area contributed by atoms with Crippen molar-refractivity contribution >= 4 is 46.1 Å². The van der Waals surface area contributed by atoms with Crippen molar-refractivity contribution in [1.82, 2.24) is 24.2 Å². The van der Waals surface area contributed by atoms with E-state index in [0.717, 1.165) is 16.8 Å². The van der Waals surface area contributed by atoms with Crippen LogP contribution in [0.1, 0.15) is 0 Å². The lowest BCUT2D eigenvalue weighted by Gasteiger charge is -2.05. The number of hydrogen-bond acceptors (Lipinski definition) is 5. The molecule has 10 heteroatoms. The topological polar surface area (TPSA) is 76.6 Å². The van der Waals surface area contributed by atoms with Gasteiger partial charge in [0.1, 0.15) is 11.3 Å². The highest BCUT2D eigenvalue weighted by atomic mass is 35.5. The second-order valence-electron chi connectivity index (χ2n) is 6.66. The van der Waals surface area contributed by atoms with Gasteiger partial charge in [0.2, 0.25) is 5.91 Å². The highest BCUT2D eigenvalue weighted by molar-refractivity contribution is 7.99. The fraction of sp³-hybridized carbons (Fsp3) is 0.0476. The first-order valence-electron chi connectivity index (χ1n) is 9.25. The molecule has 0 aliphatic heterocycles. The maximum absolute atomic E-state index is 13.7. The predicted molar refractivity (Wildman–Crippen MR) is 118 cm³/mol. The first-order valence-corrected chi connectivity index (χ1v) is 10.6. The second-order valence-corrected chi connectivity index (χ2v) is 8.04. The molecule has 0 atom stereocenters. The van der Waals surface area contributed by atoms with Crippen LogP contribution in [-0.2, 0) is 4.79 Å². The van der Waals surface area contributed by atoms with Crippen molar-refractivity contribution in [2.24, 2.45) is 0 Å². The Labute approximate surface area is 184 Å². The Kier molecular flexibility index (Phi) is 5.05. The number of fused-ring (bicyclic) bond motifs is 3. The molecule has 2 aromatic carbocycles. The summed E-state index contributed by atoms with van der Waals surface area (Å²) in [4.78, 5) is 12.2. The highest BCUT2D eigenvalue weighted by Gasteiger charge is 2.14. The van der Waals surface area contributed by atoms with Crippen LogP contribution in [0, 0.1) is 5.82 Å². The third-order valence-corrected chi connectivity index (χ3v) is 5.80. The molecule has 1 amide bonds. The van der Waals surface area contributed by atoms with E-state index in [1.54, 1.807) is 33.4 Å². The summed E-state index contributed by atoms with van der Waals surface area (Å²) in [7, 11) is 0. The molecule has 5 aromatic rings. The molecule has 0 saturated heterocycles. The first kappa shape index (κ1) is 19.5. The fourth-order valence-electron chi connectivity index (χ4n) is 3.13. The number of aromatic nitrogens is 5. The minimum absolute atomic E-state index is 0.0651. The Balaban J connectivity index is 1.38. The monoisotopic (exact) mass is 452 g/mol. The lowest BCUT2D eigenvalue weighted by molar-refractivity contribution is -0.113. The van der Waals surface area contributed by atoms with E-state index in [9.17, 15) is 9.18 Å². The molecule has 0 aliphatic rings. The molecule has 0 aliphatic carbocycles. The Morgan fingerprint density at radius 2 is 1.90 bits per heavy atom. The zero-order valence-electron chi connectivity index (χ0n) is 15.9. The summed E-state index contributed by atoms with van der Waals surface area (Å²) in [5.41, 5.74) is 3.26. The van der Waals surface area contributed by atoms with Crippen LogP contribution in [0.2, 0.25) is 5.02 Å². The molecule has 1 N–H and O–H groups in total. The second kappa shape index (κ2) is 8.01. The number of carbonyl (C=O) groups is 1. The minimum Gasteiger partial charge on any atom is -0.323 e. The zero-order valence-corrected chi connectivity index (χ0v) is 17.4. The van der Waals surface area contributed by atoms with Gasteiger partial charge >= 0.3 is 0 Å². The summed E-state index contributed by atoms with van der Waals surface area (Å²) >= 11 is 7.18. The van der Waals surface area contributed by atoms with Gasteiger partial charge in [0.15, 0.2) is 10.8 Å². The number of benzene rings is 2. The van der Waals surface area contributed by atoms with E-state index in [4.69, 9.17) is 11.6 Å². The van der Waals surface area contributed by atoms with Crippen molar-refractivity contribution in [2.45, 2.75) is 5.16 Å². The number of nitrogens with zero attached hydrogens (tertiary/aromatic N) is 5. The van der Waals surface area contributed by atoms with Crippen molar-refractivity contribution in [2.75, 3.05) is 11.1 Å². The maximum Gasteiger partial charge on any atom is 0.234 e. The molecule has 0 saturated carbocycles. The predicted octanol–water partition coefficient (Wildman–Crippen LogP) is 4.57. The number of halogens is 2. The van der Waals surface area contributed by atoms with Gasteiger partial charge in [-0.2, -0.15) is 5.10 Å². The van der Waals surface area contributed by atoms with E-state index < -0.39 is 5.82 Å². The fourth-order valence-corrected chi connectivity index (χ4v) is 3.97. The van der Waals surface area contributed by atoms with Crippen LogP contribution in [0.5, 0.6) is 0 Å². The SMILES string of the molecule is O=C(CSc1nnc2c3cc(-c4ccc(Cl)cc4)nn3ccn12)Nc1ccccc1F. The quantitative estimate of drug-likeness (QED) is 0.395. The minimum atomic E-state index is -0.478. The number of anilines is 1. The molecule has 3 aromatic heterocycles. The smallest absolute Gasteiger partial charge is 0.234 e. The van der Waals surface area contributed by atoms with Crippen LogP contribution >= 0.6 is 23.4 Å². The van der Waals surface area contributed by atoms with Gasteiger partial charge in [-0.05, 0) is 30.3 Å². The van der Waals surface area contributed by atoms with Gasteiger partial charge in [-0.15, -0.1) is 10.2 Å². The molecule has 0 fully saturated rings. The van der Waals surface area contributed by atoms with Crippen LogP contribution < -0.4 is 5.32 Å². The average molecular weight is 453 g/mol. The van der Waals surface area contributed by atoms with Crippen molar-refractivity contribution < 1.29 is 9.18 Å². The third-order valence-electron chi connectivity index (χ3n) is 4.61. The Bertz CT molecular complexity index is 1410. The molecule has 0 unspecified atom stereocenters. The van der Waals surface area contributed by atoms with E-state index in [0.29, 0.717) is 15.8 Å². The van der Waals surface area contributed by atoms with Crippen LogP contribution in [-0.4, -0.2) is 35.9 Å². The van der Waals surface area contributed by atoms with E-state index in [1.807, 2.05) is 30.3 Å². The highest BCUT2D eigenvalue weighted by Crippen LogP contribution is 2.25. The molecule has 0 bridgehead atoms. The molecular weight excluding hydrogens is 439 g/mol. The summed E-state index contributed by atoms with van der Waals surface area (Å²) in [6, 6.07) is 15.4. The first-order chi connectivity index (χ1) is 15.1. The van der Waals surface area contributed by atoms with Gasteiger partial charge in [-0.3, -0.25) is 9.20 Å². The van der Waals surface area contributed by atoms with Gasteiger partial charge in [0.25, 0.3) is 0 Å². The van der Waals surface area contributed by atoms with E-state index in [-0.39, 0.29) is 17.3 Å². The summed E-state index contributed by atoms with van der Waals surface area (Å²) in [5.74, 6) is -0.744.